The molecule has 0 fully saturated rings. The molecule has 0 spiro atoms. The lowest BCUT2D eigenvalue weighted by Crippen LogP contribution is -2.23. The van der Waals surface area contributed by atoms with Crippen LogP contribution in [0.1, 0.15) is 18.5 Å². The molecule has 0 aliphatic carbocycles. The van der Waals surface area contributed by atoms with Crippen molar-refractivity contribution in [2.75, 3.05) is 0 Å². The number of benzene rings is 1. The Morgan fingerprint density at radius 1 is 1.35 bits per heavy atom. The molecule has 0 saturated carbocycles. The van der Waals surface area contributed by atoms with Crippen molar-refractivity contribution < 1.29 is 23.0 Å². The van der Waals surface area contributed by atoms with Crippen LogP contribution in [0.15, 0.2) is 24.3 Å². The molecule has 7 heteroatoms. The largest absolute Gasteiger partial charge is 0.573 e. The number of aliphatic hydroxyl groups excluding tert-OH is 1. The van der Waals surface area contributed by atoms with Crippen molar-refractivity contribution in [3.05, 3.63) is 29.8 Å². The maximum Gasteiger partial charge on any atom is 0.573 e. The van der Waals surface area contributed by atoms with Gasteiger partial charge in [0.25, 0.3) is 0 Å². The second-order valence-corrected chi connectivity index (χ2v) is 3.39. The molecule has 0 saturated heterocycles. The maximum absolute atomic E-state index is 11.9. The first-order chi connectivity index (χ1) is 7.29. The zero-order chi connectivity index (χ0) is 12.3. The molecular weight excluding hydrogens is 259 g/mol. The molecule has 0 bridgehead atoms. The Bertz CT molecular complexity index is 358. The van der Waals surface area contributed by atoms with Gasteiger partial charge in [-0.15, -0.1) is 25.6 Å². The average molecular weight is 272 g/mol. The minimum Gasteiger partial charge on any atom is -0.406 e. The molecular formula is C10H13ClF3NO2. The average Bonchev–Trinajstić information content (AvgIpc) is 2.14. The van der Waals surface area contributed by atoms with E-state index < -0.39 is 18.5 Å². The number of ether oxygens (including phenoxy) is 1. The van der Waals surface area contributed by atoms with Crippen LogP contribution in [-0.4, -0.2) is 17.6 Å². The lowest BCUT2D eigenvalue weighted by molar-refractivity contribution is -0.274. The number of aliphatic hydroxyl groups is 1. The molecule has 0 heterocycles. The molecule has 0 aromatic heterocycles. The topological polar surface area (TPSA) is 55.5 Å². The van der Waals surface area contributed by atoms with E-state index in [1.807, 2.05) is 0 Å². The van der Waals surface area contributed by atoms with Crippen molar-refractivity contribution in [2.24, 2.45) is 5.73 Å². The molecule has 1 aromatic carbocycles. The quantitative estimate of drug-likeness (QED) is 0.887. The Kier molecular flexibility index (Phi) is 5.74. The first kappa shape index (κ1) is 16.0. The van der Waals surface area contributed by atoms with Crippen LogP contribution in [0.3, 0.4) is 0 Å². The van der Waals surface area contributed by atoms with E-state index in [-0.39, 0.29) is 18.2 Å². The van der Waals surface area contributed by atoms with Crippen molar-refractivity contribution in [3.8, 4) is 5.75 Å². The fraction of sp³-hybridized carbons (Fsp3) is 0.400. The van der Waals surface area contributed by atoms with Gasteiger partial charge in [0, 0.05) is 0 Å². The summed E-state index contributed by atoms with van der Waals surface area (Å²) < 4.78 is 39.5. The first-order valence-electron chi connectivity index (χ1n) is 4.59. The van der Waals surface area contributed by atoms with Crippen molar-refractivity contribution >= 4 is 12.4 Å². The van der Waals surface area contributed by atoms with E-state index in [1.54, 1.807) is 0 Å². The van der Waals surface area contributed by atoms with Crippen LogP contribution in [0.5, 0.6) is 5.75 Å². The molecule has 98 valence electrons. The molecule has 0 aliphatic rings. The van der Waals surface area contributed by atoms with Gasteiger partial charge in [-0.2, -0.15) is 0 Å². The van der Waals surface area contributed by atoms with Gasteiger partial charge >= 0.3 is 6.36 Å². The number of alkyl halides is 3. The first-order valence-corrected chi connectivity index (χ1v) is 4.59. The summed E-state index contributed by atoms with van der Waals surface area (Å²) in [5.41, 5.74) is 5.97. The zero-order valence-corrected chi connectivity index (χ0v) is 9.76. The molecule has 2 atom stereocenters. The minimum atomic E-state index is -4.73. The van der Waals surface area contributed by atoms with Gasteiger partial charge in [-0.1, -0.05) is 12.1 Å². The van der Waals surface area contributed by atoms with Crippen LogP contribution in [0.25, 0.3) is 0 Å². The van der Waals surface area contributed by atoms with Crippen molar-refractivity contribution in [1.82, 2.24) is 0 Å². The minimum absolute atomic E-state index is 0. The highest BCUT2D eigenvalue weighted by atomic mass is 35.5. The Morgan fingerprint density at radius 3 is 2.41 bits per heavy atom. The SMILES string of the molecule is C[C@@H](O)[C@@H](N)c1cccc(OC(F)(F)F)c1.Cl. The van der Waals surface area contributed by atoms with Gasteiger partial charge < -0.3 is 15.6 Å². The lowest BCUT2D eigenvalue weighted by atomic mass is 10.0. The predicted molar refractivity (Wildman–Crippen MR) is 59.0 cm³/mol. The number of hydrogen-bond donors (Lipinski definition) is 2. The van der Waals surface area contributed by atoms with E-state index in [9.17, 15) is 18.3 Å². The molecule has 0 amide bonds. The van der Waals surface area contributed by atoms with E-state index >= 15 is 0 Å². The third-order valence-electron chi connectivity index (χ3n) is 2.00. The molecule has 1 aromatic rings. The van der Waals surface area contributed by atoms with Crippen LogP contribution >= 0.6 is 12.4 Å². The fourth-order valence-electron chi connectivity index (χ4n) is 1.20. The highest BCUT2D eigenvalue weighted by molar-refractivity contribution is 5.85. The number of halogens is 4. The summed E-state index contributed by atoms with van der Waals surface area (Å²) >= 11 is 0. The zero-order valence-electron chi connectivity index (χ0n) is 8.94. The monoisotopic (exact) mass is 271 g/mol. The van der Waals surface area contributed by atoms with Crippen LogP contribution in [0, 0.1) is 0 Å². The van der Waals surface area contributed by atoms with Gasteiger partial charge in [-0.3, -0.25) is 0 Å². The van der Waals surface area contributed by atoms with Gasteiger partial charge in [-0.25, -0.2) is 0 Å². The van der Waals surface area contributed by atoms with Crippen LogP contribution in [0.2, 0.25) is 0 Å². The van der Waals surface area contributed by atoms with E-state index in [2.05, 4.69) is 4.74 Å². The fourth-order valence-corrected chi connectivity index (χ4v) is 1.20. The van der Waals surface area contributed by atoms with E-state index in [0.29, 0.717) is 5.56 Å². The summed E-state index contributed by atoms with van der Waals surface area (Å²) in [7, 11) is 0. The molecule has 0 aliphatic heterocycles. The summed E-state index contributed by atoms with van der Waals surface area (Å²) in [5.74, 6) is -0.346. The Morgan fingerprint density at radius 2 is 1.94 bits per heavy atom. The standard InChI is InChI=1S/C10H12F3NO2.ClH/c1-6(15)9(14)7-3-2-4-8(5-7)16-10(11,12)13;/h2-6,9,15H,14H2,1H3;1H/t6-,9-;/m1./s1. The summed E-state index contributed by atoms with van der Waals surface area (Å²) in [5, 5.41) is 9.21. The van der Waals surface area contributed by atoms with Gasteiger partial charge in [0.1, 0.15) is 5.75 Å². The van der Waals surface area contributed by atoms with Gasteiger partial charge in [0.15, 0.2) is 0 Å². The number of rotatable bonds is 3. The Hall–Kier alpha value is -0.980. The summed E-state index contributed by atoms with van der Waals surface area (Å²) in [6, 6.07) is 4.51. The Balaban J connectivity index is 0.00000256. The summed E-state index contributed by atoms with van der Waals surface area (Å²) in [6.45, 7) is 1.46. The van der Waals surface area contributed by atoms with Crippen molar-refractivity contribution in [2.45, 2.75) is 25.4 Å². The second-order valence-electron chi connectivity index (χ2n) is 3.39. The van der Waals surface area contributed by atoms with Crippen LogP contribution in [-0.2, 0) is 0 Å². The van der Waals surface area contributed by atoms with Gasteiger partial charge in [0.05, 0.1) is 12.1 Å². The molecule has 3 N–H and O–H groups in total. The summed E-state index contributed by atoms with van der Waals surface area (Å²) in [6.07, 6.45) is -5.57. The van der Waals surface area contributed by atoms with E-state index in [1.165, 1.54) is 25.1 Å². The molecule has 3 nitrogen and oxygen atoms in total. The van der Waals surface area contributed by atoms with Gasteiger partial charge in [-0.05, 0) is 24.6 Å². The molecule has 0 unspecified atom stereocenters. The molecule has 17 heavy (non-hydrogen) atoms. The van der Waals surface area contributed by atoms with Crippen LogP contribution in [0.4, 0.5) is 13.2 Å². The van der Waals surface area contributed by atoms with Crippen LogP contribution < -0.4 is 10.5 Å². The van der Waals surface area contributed by atoms with Crippen molar-refractivity contribution in [1.29, 1.82) is 0 Å². The normalized spacial score (nSPS) is 14.7. The highest BCUT2D eigenvalue weighted by Gasteiger charge is 2.31. The maximum atomic E-state index is 11.9. The third-order valence-corrected chi connectivity index (χ3v) is 2.00. The van der Waals surface area contributed by atoms with Gasteiger partial charge in [0.2, 0.25) is 0 Å². The molecule has 0 radical (unpaired) electrons. The summed E-state index contributed by atoms with van der Waals surface area (Å²) in [4.78, 5) is 0. The Labute approximate surface area is 103 Å². The number of hydrogen-bond acceptors (Lipinski definition) is 3. The van der Waals surface area contributed by atoms with E-state index in [0.717, 1.165) is 6.07 Å². The predicted octanol–water partition coefficient (Wildman–Crippen LogP) is 2.39. The molecule has 1 rings (SSSR count). The second kappa shape index (κ2) is 6.09. The lowest BCUT2D eigenvalue weighted by Gasteiger charge is -2.16. The third kappa shape index (κ3) is 5.25. The highest BCUT2D eigenvalue weighted by Crippen LogP contribution is 2.25. The van der Waals surface area contributed by atoms with Crippen molar-refractivity contribution in [3.63, 3.8) is 0 Å². The van der Waals surface area contributed by atoms with E-state index in [4.69, 9.17) is 5.73 Å². The number of nitrogens with two attached hydrogens (primary N) is 1. The smallest absolute Gasteiger partial charge is 0.406 e.